The van der Waals surface area contributed by atoms with E-state index < -0.39 is 5.97 Å². The Hall–Kier alpha value is -2.63. The molecule has 0 unspecified atom stereocenters. The van der Waals surface area contributed by atoms with Crippen LogP contribution in [0.15, 0.2) is 24.5 Å². The number of carbonyl (C=O) groups excluding carboxylic acids is 2. The van der Waals surface area contributed by atoms with E-state index in [1.165, 1.54) is 0 Å². The maximum atomic E-state index is 12.2. The molecule has 0 aromatic carbocycles. The minimum atomic E-state index is -0.468. The van der Waals surface area contributed by atoms with Crippen LogP contribution in [0.2, 0.25) is 0 Å². The lowest BCUT2D eigenvalue weighted by molar-refractivity contribution is 0.0527. The van der Waals surface area contributed by atoms with Gasteiger partial charge in [0.2, 0.25) is 0 Å². The van der Waals surface area contributed by atoms with Crippen LogP contribution in [-0.2, 0) is 4.74 Å². The predicted octanol–water partition coefficient (Wildman–Crippen LogP) is 2.46. The number of aromatic amines is 1. The number of hydrogen-bond donors (Lipinski definition) is 2. The van der Waals surface area contributed by atoms with Crippen molar-refractivity contribution in [3.05, 3.63) is 47.0 Å². The first-order valence-corrected chi connectivity index (χ1v) is 6.62. The average Bonchev–Trinajstić information content (AvgIpc) is 2.80. The van der Waals surface area contributed by atoms with Gasteiger partial charge in [-0.05, 0) is 32.4 Å². The summed E-state index contributed by atoms with van der Waals surface area (Å²) in [5.41, 5.74) is 2.45. The Kier molecular flexibility index (Phi) is 4.37. The average molecular weight is 287 g/mol. The topological polar surface area (TPSA) is 84.1 Å². The van der Waals surface area contributed by atoms with Gasteiger partial charge in [0.05, 0.1) is 12.3 Å². The number of nitrogens with one attached hydrogen (secondary N) is 2. The zero-order valence-corrected chi connectivity index (χ0v) is 12.2. The molecule has 0 saturated carbocycles. The number of pyridine rings is 1. The summed E-state index contributed by atoms with van der Waals surface area (Å²) >= 11 is 0. The summed E-state index contributed by atoms with van der Waals surface area (Å²) in [6.07, 6.45) is 3.12. The van der Waals surface area contributed by atoms with E-state index in [0.717, 1.165) is 5.56 Å². The molecule has 0 bridgehead atoms. The van der Waals surface area contributed by atoms with Gasteiger partial charge in [-0.25, -0.2) is 4.79 Å². The Labute approximate surface area is 122 Å². The molecule has 110 valence electrons. The molecule has 1 amide bonds. The minimum Gasteiger partial charge on any atom is -0.462 e. The summed E-state index contributed by atoms with van der Waals surface area (Å²) in [5.74, 6) is -0.832. The van der Waals surface area contributed by atoms with Crippen molar-refractivity contribution in [2.75, 3.05) is 11.9 Å². The van der Waals surface area contributed by atoms with Gasteiger partial charge < -0.3 is 15.0 Å². The van der Waals surface area contributed by atoms with Gasteiger partial charge in [-0.2, -0.15) is 0 Å². The molecule has 2 heterocycles. The van der Waals surface area contributed by atoms with Gasteiger partial charge >= 0.3 is 5.97 Å². The summed E-state index contributed by atoms with van der Waals surface area (Å²) in [7, 11) is 0. The Morgan fingerprint density at radius 3 is 2.81 bits per heavy atom. The van der Waals surface area contributed by atoms with Crippen molar-refractivity contribution in [2.45, 2.75) is 20.8 Å². The second-order valence-corrected chi connectivity index (χ2v) is 4.55. The van der Waals surface area contributed by atoms with Gasteiger partial charge in [0.15, 0.2) is 0 Å². The van der Waals surface area contributed by atoms with Gasteiger partial charge in [0.25, 0.3) is 5.91 Å². The van der Waals surface area contributed by atoms with Crippen LogP contribution in [0.4, 0.5) is 5.69 Å². The number of H-pyrrole nitrogens is 1. The number of nitrogens with zero attached hydrogens (tertiary/aromatic N) is 1. The molecule has 2 N–H and O–H groups in total. The third kappa shape index (κ3) is 3.10. The Morgan fingerprint density at radius 2 is 2.14 bits per heavy atom. The van der Waals surface area contributed by atoms with Crippen LogP contribution >= 0.6 is 0 Å². The van der Waals surface area contributed by atoms with E-state index in [9.17, 15) is 9.59 Å². The maximum absolute atomic E-state index is 12.2. The maximum Gasteiger partial charge on any atom is 0.342 e. The van der Waals surface area contributed by atoms with Gasteiger partial charge in [0, 0.05) is 18.1 Å². The molecule has 0 aliphatic heterocycles. The number of aryl methyl sites for hydroxylation is 2. The van der Waals surface area contributed by atoms with E-state index in [1.54, 1.807) is 45.3 Å². The largest absolute Gasteiger partial charge is 0.462 e. The van der Waals surface area contributed by atoms with E-state index in [4.69, 9.17) is 4.74 Å². The number of hydrogen-bond acceptors (Lipinski definition) is 4. The zero-order chi connectivity index (χ0) is 15.4. The summed E-state index contributed by atoms with van der Waals surface area (Å²) in [5, 5.41) is 2.69. The smallest absolute Gasteiger partial charge is 0.342 e. The SMILES string of the molecule is CCOC(=O)c1c(NC(=O)c2ncccc2C)c[nH]c1C. The summed E-state index contributed by atoms with van der Waals surface area (Å²) in [6.45, 7) is 5.55. The Morgan fingerprint density at radius 1 is 1.38 bits per heavy atom. The zero-order valence-electron chi connectivity index (χ0n) is 12.2. The number of amides is 1. The molecule has 0 fully saturated rings. The lowest BCUT2D eigenvalue weighted by Gasteiger charge is -2.08. The molecule has 6 nitrogen and oxygen atoms in total. The highest BCUT2D eigenvalue weighted by molar-refractivity contribution is 6.08. The number of esters is 1. The lowest BCUT2D eigenvalue weighted by Crippen LogP contribution is -2.17. The molecule has 2 rings (SSSR count). The highest BCUT2D eigenvalue weighted by Crippen LogP contribution is 2.21. The number of carbonyl (C=O) groups is 2. The molecule has 0 saturated heterocycles. The van der Waals surface area contributed by atoms with E-state index >= 15 is 0 Å². The van der Waals surface area contributed by atoms with Gasteiger partial charge in [-0.1, -0.05) is 6.07 Å². The van der Waals surface area contributed by atoms with E-state index in [0.29, 0.717) is 22.6 Å². The fourth-order valence-corrected chi connectivity index (χ4v) is 2.00. The summed E-state index contributed by atoms with van der Waals surface area (Å²) in [4.78, 5) is 31.1. The molecular formula is C15H17N3O3. The van der Waals surface area contributed by atoms with Crippen LogP contribution in [0, 0.1) is 13.8 Å². The second kappa shape index (κ2) is 6.21. The van der Waals surface area contributed by atoms with Gasteiger partial charge in [0.1, 0.15) is 11.3 Å². The Bertz CT molecular complexity index is 677. The summed E-state index contributed by atoms with van der Waals surface area (Å²) < 4.78 is 4.99. The van der Waals surface area contributed by atoms with Crippen LogP contribution in [0.5, 0.6) is 0 Å². The molecule has 0 radical (unpaired) electrons. The van der Waals surface area contributed by atoms with E-state index in [-0.39, 0.29) is 12.5 Å². The van der Waals surface area contributed by atoms with Crippen molar-refractivity contribution >= 4 is 17.6 Å². The number of aromatic nitrogens is 2. The van der Waals surface area contributed by atoms with Crippen LogP contribution in [0.25, 0.3) is 0 Å². The first-order chi connectivity index (χ1) is 10.0. The molecule has 21 heavy (non-hydrogen) atoms. The molecule has 0 aliphatic carbocycles. The quantitative estimate of drug-likeness (QED) is 0.846. The van der Waals surface area contributed by atoms with Crippen molar-refractivity contribution in [3.63, 3.8) is 0 Å². The third-order valence-electron chi connectivity index (χ3n) is 3.03. The molecule has 2 aromatic heterocycles. The van der Waals surface area contributed by atoms with Crippen molar-refractivity contribution in [2.24, 2.45) is 0 Å². The van der Waals surface area contributed by atoms with Gasteiger partial charge in [-0.15, -0.1) is 0 Å². The standard InChI is InChI=1S/C15H17N3O3/c1-4-21-15(20)12-10(3)17-8-11(12)18-14(19)13-9(2)6-5-7-16-13/h5-8,17H,4H2,1-3H3,(H,18,19). The number of anilines is 1. The first-order valence-electron chi connectivity index (χ1n) is 6.62. The molecule has 6 heteroatoms. The molecule has 0 spiro atoms. The van der Waals surface area contributed by atoms with Crippen LogP contribution in [-0.4, -0.2) is 28.5 Å². The summed E-state index contributed by atoms with van der Waals surface area (Å²) in [6, 6.07) is 3.56. The third-order valence-corrected chi connectivity index (χ3v) is 3.03. The number of ether oxygens (including phenoxy) is 1. The fraction of sp³-hybridized carbons (Fsp3) is 0.267. The molecule has 0 aliphatic rings. The molecule has 2 aromatic rings. The van der Waals surface area contributed by atoms with Crippen LogP contribution < -0.4 is 5.32 Å². The Balaban J connectivity index is 2.27. The van der Waals surface area contributed by atoms with Crippen molar-refractivity contribution < 1.29 is 14.3 Å². The monoisotopic (exact) mass is 287 g/mol. The van der Waals surface area contributed by atoms with Crippen molar-refractivity contribution in [3.8, 4) is 0 Å². The van der Waals surface area contributed by atoms with Crippen molar-refractivity contribution in [1.82, 2.24) is 9.97 Å². The van der Waals surface area contributed by atoms with E-state index in [1.807, 2.05) is 0 Å². The highest BCUT2D eigenvalue weighted by Gasteiger charge is 2.20. The first kappa shape index (κ1) is 14.8. The van der Waals surface area contributed by atoms with Crippen molar-refractivity contribution in [1.29, 1.82) is 0 Å². The van der Waals surface area contributed by atoms with Crippen LogP contribution in [0.1, 0.15) is 39.0 Å². The van der Waals surface area contributed by atoms with Gasteiger partial charge in [-0.3, -0.25) is 9.78 Å². The fourth-order valence-electron chi connectivity index (χ4n) is 2.00. The van der Waals surface area contributed by atoms with E-state index in [2.05, 4.69) is 15.3 Å². The second-order valence-electron chi connectivity index (χ2n) is 4.55. The highest BCUT2D eigenvalue weighted by atomic mass is 16.5. The number of rotatable bonds is 4. The predicted molar refractivity (Wildman–Crippen MR) is 78.4 cm³/mol. The molecular weight excluding hydrogens is 270 g/mol. The van der Waals surface area contributed by atoms with Crippen LogP contribution in [0.3, 0.4) is 0 Å². The normalized spacial score (nSPS) is 10.2. The minimum absolute atomic E-state index is 0.274. The lowest BCUT2D eigenvalue weighted by atomic mass is 10.2. The molecule has 0 atom stereocenters.